The molecular weight excluding hydrogens is 590 g/mol. The SMILES string of the molecule is CCc1cccc(CC)c1-n1c(C=C(C)C)c(C(=O)N2CCCC(CCO)C2)cc(-c2nc(-c3ccc(Cl)cc3)cs2)c1=O. The fraction of sp³-hybridized carbons (Fsp3) is 0.361. The number of aliphatic hydroxyl groups is 1. The third-order valence-electron chi connectivity index (χ3n) is 8.30. The second-order valence-corrected chi connectivity index (χ2v) is 13.0. The molecule has 1 aliphatic rings. The number of hydrogen-bond donors (Lipinski definition) is 1. The number of thiazole rings is 1. The molecule has 6 nitrogen and oxygen atoms in total. The molecule has 1 amide bonds. The highest BCUT2D eigenvalue weighted by Crippen LogP contribution is 2.33. The smallest absolute Gasteiger partial charge is 0.265 e. The first-order valence-corrected chi connectivity index (χ1v) is 16.7. The van der Waals surface area contributed by atoms with Crippen molar-refractivity contribution in [1.29, 1.82) is 0 Å². The number of amides is 1. The van der Waals surface area contributed by atoms with Gasteiger partial charge in [0.1, 0.15) is 5.01 Å². The van der Waals surface area contributed by atoms with E-state index < -0.39 is 0 Å². The Balaban J connectivity index is 1.79. The molecule has 5 rings (SSSR count). The zero-order valence-electron chi connectivity index (χ0n) is 25.9. The van der Waals surface area contributed by atoms with Crippen LogP contribution in [0.5, 0.6) is 0 Å². The van der Waals surface area contributed by atoms with Gasteiger partial charge in [0, 0.05) is 35.7 Å². The second-order valence-electron chi connectivity index (χ2n) is 11.7. The molecule has 1 atom stereocenters. The molecule has 1 fully saturated rings. The molecule has 1 aliphatic heterocycles. The molecule has 1 unspecified atom stereocenters. The van der Waals surface area contributed by atoms with E-state index in [4.69, 9.17) is 16.6 Å². The average molecular weight is 630 g/mol. The van der Waals surface area contributed by atoms with Gasteiger partial charge in [0.15, 0.2) is 0 Å². The molecule has 0 spiro atoms. The number of para-hydroxylation sites is 1. The molecular formula is C36H40ClN3O3S. The van der Waals surface area contributed by atoms with Crippen LogP contribution in [0.2, 0.25) is 5.02 Å². The van der Waals surface area contributed by atoms with Crippen molar-refractivity contribution in [1.82, 2.24) is 14.5 Å². The Bertz CT molecular complexity index is 1710. The van der Waals surface area contributed by atoms with Gasteiger partial charge in [-0.05, 0) is 87.3 Å². The molecule has 3 heterocycles. The van der Waals surface area contributed by atoms with Gasteiger partial charge in [-0.1, -0.05) is 61.4 Å². The first-order valence-electron chi connectivity index (χ1n) is 15.4. The molecule has 1 N–H and O–H groups in total. The number of pyridine rings is 1. The van der Waals surface area contributed by atoms with E-state index >= 15 is 0 Å². The number of carbonyl (C=O) groups is 1. The van der Waals surface area contributed by atoms with Crippen LogP contribution in [0.25, 0.3) is 33.6 Å². The van der Waals surface area contributed by atoms with Crippen molar-refractivity contribution in [3.63, 3.8) is 0 Å². The molecule has 230 valence electrons. The van der Waals surface area contributed by atoms with Crippen LogP contribution in [-0.4, -0.2) is 45.2 Å². The lowest BCUT2D eigenvalue weighted by atomic mass is 9.94. The number of hydrogen-bond acceptors (Lipinski definition) is 5. The predicted molar refractivity (Wildman–Crippen MR) is 182 cm³/mol. The van der Waals surface area contributed by atoms with Gasteiger partial charge in [0.25, 0.3) is 11.5 Å². The number of halogens is 1. The summed E-state index contributed by atoms with van der Waals surface area (Å²) in [7, 11) is 0. The Morgan fingerprint density at radius 3 is 2.45 bits per heavy atom. The van der Waals surface area contributed by atoms with Crippen LogP contribution in [-0.2, 0) is 12.8 Å². The van der Waals surface area contributed by atoms with E-state index in [2.05, 4.69) is 26.0 Å². The second kappa shape index (κ2) is 14.1. The van der Waals surface area contributed by atoms with E-state index in [9.17, 15) is 14.7 Å². The standard InChI is InChI=1S/C36H40ClN3O3S/c1-5-25-10-7-11-26(6-2)33(25)40-32(19-23(3)4)29(35(42)39-17-8-9-24(21-39)16-18-41)20-30(36(40)43)34-38-31(22-44-34)27-12-14-28(37)15-13-27/h7,10-15,19-20,22,24,41H,5-6,8-9,16-18,21H2,1-4H3. The van der Waals surface area contributed by atoms with Gasteiger partial charge < -0.3 is 10.0 Å². The Labute approximate surface area is 268 Å². The van der Waals surface area contributed by atoms with Gasteiger partial charge in [0.2, 0.25) is 0 Å². The number of likely N-dealkylation sites (tertiary alicyclic amines) is 1. The van der Waals surface area contributed by atoms with Crippen molar-refractivity contribution in [2.75, 3.05) is 19.7 Å². The number of nitrogens with zero attached hydrogens (tertiary/aromatic N) is 3. The normalized spacial score (nSPS) is 15.0. The Morgan fingerprint density at radius 1 is 1.11 bits per heavy atom. The van der Waals surface area contributed by atoms with E-state index in [1.165, 1.54) is 11.3 Å². The van der Waals surface area contributed by atoms with E-state index in [0.717, 1.165) is 59.3 Å². The number of benzene rings is 2. The van der Waals surface area contributed by atoms with Crippen LogP contribution in [0, 0.1) is 5.92 Å². The van der Waals surface area contributed by atoms with Crippen molar-refractivity contribution >= 4 is 34.9 Å². The molecule has 44 heavy (non-hydrogen) atoms. The third kappa shape index (κ3) is 6.60. The molecule has 1 saturated heterocycles. The fourth-order valence-corrected chi connectivity index (χ4v) is 7.05. The van der Waals surface area contributed by atoms with Crippen LogP contribution in [0.1, 0.15) is 74.1 Å². The highest BCUT2D eigenvalue weighted by molar-refractivity contribution is 7.13. The fourth-order valence-electron chi connectivity index (χ4n) is 6.08. The van der Waals surface area contributed by atoms with Crippen LogP contribution in [0.15, 0.2) is 64.3 Å². The summed E-state index contributed by atoms with van der Waals surface area (Å²) in [6.07, 6.45) is 5.99. The Hall–Kier alpha value is -3.52. The molecule has 8 heteroatoms. The lowest BCUT2D eigenvalue weighted by Gasteiger charge is -2.33. The first kappa shape index (κ1) is 31.9. The van der Waals surface area contributed by atoms with E-state index in [-0.39, 0.29) is 24.0 Å². The van der Waals surface area contributed by atoms with Gasteiger partial charge in [-0.2, -0.15) is 0 Å². The zero-order valence-corrected chi connectivity index (χ0v) is 27.5. The van der Waals surface area contributed by atoms with Crippen LogP contribution in [0.4, 0.5) is 0 Å². The van der Waals surface area contributed by atoms with Crippen molar-refractivity contribution in [3.05, 3.63) is 97.2 Å². The summed E-state index contributed by atoms with van der Waals surface area (Å²) in [6, 6.07) is 15.4. The average Bonchev–Trinajstić information content (AvgIpc) is 3.51. The van der Waals surface area contributed by atoms with Gasteiger partial charge in [-0.25, -0.2) is 4.98 Å². The van der Waals surface area contributed by atoms with E-state index in [0.29, 0.717) is 46.4 Å². The van der Waals surface area contributed by atoms with Gasteiger partial charge in [0.05, 0.1) is 28.2 Å². The number of allylic oxidation sites excluding steroid dienone is 1. The third-order valence-corrected chi connectivity index (χ3v) is 9.43. The largest absolute Gasteiger partial charge is 0.396 e. The van der Waals surface area contributed by atoms with E-state index in [1.807, 2.05) is 60.5 Å². The highest BCUT2D eigenvalue weighted by atomic mass is 35.5. The highest BCUT2D eigenvalue weighted by Gasteiger charge is 2.29. The number of aryl methyl sites for hydroxylation is 2. The maximum Gasteiger partial charge on any atom is 0.265 e. The summed E-state index contributed by atoms with van der Waals surface area (Å²) in [6.45, 7) is 9.50. The maximum atomic E-state index is 14.7. The Morgan fingerprint density at radius 2 is 1.82 bits per heavy atom. The molecule has 0 aliphatic carbocycles. The lowest BCUT2D eigenvalue weighted by molar-refractivity contribution is 0.0652. The molecule has 0 radical (unpaired) electrons. The minimum absolute atomic E-state index is 0.100. The van der Waals surface area contributed by atoms with Crippen LogP contribution < -0.4 is 5.56 Å². The van der Waals surface area contributed by atoms with E-state index in [1.54, 1.807) is 10.6 Å². The molecule has 0 bridgehead atoms. The summed E-state index contributed by atoms with van der Waals surface area (Å²) in [4.78, 5) is 36.0. The summed E-state index contributed by atoms with van der Waals surface area (Å²) in [5.41, 5.74) is 6.88. The van der Waals surface area contributed by atoms with Gasteiger partial charge >= 0.3 is 0 Å². The summed E-state index contributed by atoms with van der Waals surface area (Å²) >= 11 is 7.52. The summed E-state index contributed by atoms with van der Waals surface area (Å²) in [5.74, 6) is 0.153. The number of carbonyl (C=O) groups excluding carboxylic acids is 1. The lowest BCUT2D eigenvalue weighted by Crippen LogP contribution is -2.41. The molecule has 4 aromatic rings. The van der Waals surface area contributed by atoms with Crippen LogP contribution in [0.3, 0.4) is 0 Å². The predicted octanol–water partition coefficient (Wildman–Crippen LogP) is 8.06. The Kier molecular flexibility index (Phi) is 10.2. The topological polar surface area (TPSA) is 75.4 Å². The molecule has 2 aromatic heterocycles. The van der Waals surface area contributed by atoms with Crippen molar-refractivity contribution in [3.8, 4) is 27.5 Å². The first-order chi connectivity index (χ1) is 21.2. The number of aromatic nitrogens is 2. The van der Waals surface area contributed by atoms with Crippen molar-refractivity contribution in [2.45, 2.75) is 59.8 Å². The summed E-state index contributed by atoms with van der Waals surface area (Å²) in [5, 5.41) is 12.7. The van der Waals surface area contributed by atoms with Crippen molar-refractivity contribution < 1.29 is 9.90 Å². The number of rotatable bonds is 9. The van der Waals surface area contributed by atoms with Crippen LogP contribution >= 0.6 is 22.9 Å². The zero-order chi connectivity index (χ0) is 31.4. The van der Waals surface area contributed by atoms with Crippen molar-refractivity contribution in [2.24, 2.45) is 5.92 Å². The molecule has 2 aromatic carbocycles. The quantitative estimate of drug-likeness (QED) is 0.203. The van der Waals surface area contributed by atoms with Gasteiger partial charge in [-0.15, -0.1) is 11.3 Å². The summed E-state index contributed by atoms with van der Waals surface area (Å²) < 4.78 is 1.77. The minimum Gasteiger partial charge on any atom is -0.396 e. The number of piperidine rings is 1. The maximum absolute atomic E-state index is 14.7. The van der Waals surface area contributed by atoms with Gasteiger partial charge in [-0.3, -0.25) is 14.2 Å². The monoisotopic (exact) mass is 629 g/mol. The number of aliphatic hydroxyl groups excluding tert-OH is 1. The minimum atomic E-state index is -0.196. The molecule has 0 saturated carbocycles.